The maximum atomic E-state index is 10.8. The summed E-state index contributed by atoms with van der Waals surface area (Å²) in [6.07, 6.45) is 0. The van der Waals surface area contributed by atoms with Crippen molar-refractivity contribution in [2.45, 2.75) is 26.4 Å². The fraction of sp³-hybridized carbons (Fsp3) is 0.417. The Morgan fingerprint density at radius 1 is 1.50 bits per heavy atom. The number of nitrogens with one attached hydrogen (secondary N) is 1. The average Bonchev–Trinajstić information content (AvgIpc) is 2.24. The molecule has 0 aliphatic carbocycles. The summed E-state index contributed by atoms with van der Waals surface area (Å²) in [4.78, 5) is 10.8. The third kappa shape index (κ3) is 3.94. The van der Waals surface area contributed by atoms with Gasteiger partial charge in [0.2, 0.25) is 0 Å². The Kier molecular flexibility index (Phi) is 4.96. The van der Waals surface area contributed by atoms with Crippen LogP contribution < -0.4 is 5.32 Å². The topological polar surface area (TPSA) is 49.3 Å². The molecule has 3 nitrogen and oxygen atoms in total. The van der Waals surface area contributed by atoms with Gasteiger partial charge in [0.25, 0.3) is 0 Å². The first kappa shape index (κ1) is 13.2. The van der Waals surface area contributed by atoms with E-state index in [9.17, 15) is 4.79 Å². The van der Waals surface area contributed by atoms with Gasteiger partial charge in [-0.1, -0.05) is 35.0 Å². The van der Waals surface area contributed by atoms with Crippen molar-refractivity contribution in [3.8, 4) is 0 Å². The summed E-state index contributed by atoms with van der Waals surface area (Å²) in [5, 5.41) is 12.1. The smallest absolute Gasteiger partial charge is 0.307 e. The van der Waals surface area contributed by atoms with Crippen LogP contribution in [0.1, 0.15) is 19.4 Å². The number of carbonyl (C=O) groups is 1. The molecule has 2 atom stereocenters. The molecule has 0 aliphatic heterocycles. The van der Waals surface area contributed by atoms with Gasteiger partial charge < -0.3 is 10.4 Å². The minimum absolute atomic E-state index is 0.0449. The lowest BCUT2D eigenvalue weighted by molar-refractivity contribution is -0.141. The number of halogens is 1. The SMILES string of the molecule is CC(NCc1cccc(Br)c1)C(C)C(=O)O. The Hall–Kier alpha value is -0.870. The molecule has 0 fully saturated rings. The molecule has 0 bridgehead atoms. The van der Waals surface area contributed by atoms with Crippen molar-refractivity contribution in [1.29, 1.82) is 0 Å². The summed E-state index contributed by atoms with van der Waals surface area (Å²) in [5.41, 5.74) is 1.14. The van der Waals surface area contributed by atoms with E-state index in [2.05, 4.69) is 21.2 Å². The first-order valence-electron chi connectivity index (χ1n) is 5.21. The molecule has 88 valence electrons. The molecule has 0 saturated carbocycles. The van der Waals surface area contributed by atoms with E-state index in [1.807, 2.05) is 31.2 Å². The lowest BCUT2D eigenvalue weighted by Gasteiger charge is -2.17. The third-order valence-electron chi connectivity index (χ3n) is 2.66. The van der Waals surface area contributed by atoms with Crippen molar-refractivity contribution in [1.82, 2.24) is 5.32 Å². The van der Waals surface area contributed by atoms with Gasteiger partial charge in [0.1, 0.15) is 0 Å². The van der Waals surface area contributed by atoms with Crippen molar-refractivity contribution in [2.24, 2.45) is 5.92 Å². The molecule has 0 heterocycles. The van der Waals surface area contributed by atoms with Gasteiger partial charge in [0, 0.05) is 17.1 Å². The fourth-order valence-electron chi connectivity index (χ4n) is 1.32. The average molecular weight is 286 g/mol. The molecular weight excluding hydrogens is 270 g/mol. The van der Waals surface area contributed by atoms with Gasteiger partial charge in [-0.25, -0.2) is 0 Å². The summed E-state index contributed by atoms with van der Waals surface area (Å²) in [6, 6.07) is 7.91. The number of rotatable bonds is 5. The number of aliphatic carboxylic acids is 1. The Labute approximate surface area is 104 Å². The summed E-state index contributed by atoms with van der Waals surface area (Å²) < 4.78 is 1.03. The van der Waals surface area contributed by atoms with Crippen molar-refractivity contribution in [3.05, 3.63) is 34.3 Å². The molecule has 0 aliphatic rings. The molecule has 1 aromatic rings. The summed E-state index contributed by atoms with van der Waals surface area (Å²) in [5.74, 6) is -1.15. The van der Waals surface area contributed by atoms with E-state index in [1.165, 1.54) is 0 Å². The van der Waals surface area contributed by atoms with E-state index >= 15 is 0 Å². The Bertz CT molecular complexity index is 368. The van der Waals surface area contributed by atoms with E-state index in [-0.39, 0.29) is 12.0 Å². The molecule has 2 N–H and O–H groups in total. The van der Waals surface area contributed by atoms with Gasteiger partial charge >= 0.3 is 5.97 Å². The van der Waals surface area contributed by atoms with Crippen molar-refractivity contribution in [2.75, 3.05) is 0 Å². The number of hydrogen-bond acceptors (Lipinski definition) is 2. The molecule has 1 rings (SSSR count). The van der Waals surface area contributed by atoms with Crippen molar-refractivity contribution in [3.63, 3.8) is 0 Å². The molecule has 1 aromatic carbocycles. The standard InChI is InChI=1S/C12H16BrNO2/c1-8(12(15)16)9(2)14-7-10-4-3-5-11(13)6-10/h3-6,8-9,14H,7H2,1-2H3,(H,15,16). The van der Waals surface area contributed by atoms with Crippen molar-refractivity contribution >= 4 is 21.9 Å². The zero-order valence-corrected chi connectivity index (χ0v) is 11.0. The summed E-state index contributed by atoms with van der Waals surface area (Å²) in [6.45, 7) is 4.27. The lowest BCUT2D eigenvalue weighted by Crippen LogP contribution is -2.35. The van der Waals surface area contributed by atoms with Crippen LogP contribution in [0.3, 0.4) is 0 Å². The second-order valence-corrected chi connectivity index (χ2v) is 4.84. The molecule has 0 amide bonds. The predicted molar refractivity (Wildman–Crippen MR) is 67.2 cm³/mol. The zero-order chi connectivity index (χ0) is 12.1. The summed E-state index contributed by atoms with van der Waals surface area (Å²) in [7, 11) is 0. The molecule has 2 unspecified atom stereocenters. The molecule has 0 saturated heterocycles. The fourth-order valence-corrected chi connectivity index (χ4v) is 1.76. The Morgan fingerprint density at radius 2 is 2.19 bits per heavy atom. The highest BCUT2D eigenvalue weighted by atomic mass is 79.9. The van der Waals surface area contributed by atoms with Crippen LogP contribution in [0.5, 0.6) is 0 Å². The van der Waals surface area contributed by atoms with Crippen LogP contribution in [0.25, 0.3) is 0 Å². The molecule has 0 aromatic heterocycles. The Morgan fingerprint density at radius 3 is 2.75 bits per heavy atom. The van der Waals surface area contributed by atoms with Gasteiger partial charge in [-0.15, -0.1) is 0 Å². The van der Waals surface area contributed by atoms with Crippen LogP contribution >= 0.6 is 15.9 Å². The second kappa shape index (κ2) is 6.01. The minimum Gasteiger partial charge on any atom is -0.481 e. The van der Waals surface area contributed by atoms with Crippen molar-refractivity contribution < 1.29 is 9.90 Å². The largest absolute Gasteiger partial charge is 0.481 e. The normalized spacial score (nSPS) is 14.4. The van der Waals surface area contributed by atoms with Gasteiger partial charge in [-0.2, -0.15) is 0 Å². The predicted octanol–water partition coefficient (Wildman–Crippen LogP) is 2.65. The van der Waals surface area contributed by atoms with E-state index in [1.54, 1.807) is 6.92 Å². The summed E-state index contributed by atoms with van der Waals surface area (Å²) >= 11 is 3.40. The van der Waals surface area contributed by atoms with Crippen LogP contribution in [0.15, 0.2) is 28.7 Å². The van der Waals surface area contributed by atoms with Crippen LogP contribution in [-0.2, 0) is 11.3 Å². The molecule has 16 heavy (non-hydrogen) atoms. The van der Waals surface area contributed by atoms with Gasteiger partial charge in [0.05, 0.1) is 5.92 Å². The number of hydrogen-bond donors (Lipinski definition) is 2. The number of benzene rings is 1. The maximum Gasteiger partial charge on any atom is 0.307 e. The first-order chi connectivity index (χ1) is 7.50. The van der Waals surface area contributed by atoms with E-state index in [0.29, 0.717) is 6.54 Å². The van der Waals surface area contributed by atoms with Crippen LogP contribution in [0, 0.1) is 5.92 Å². The molecule has 0 radical (unpaired) electrons. The Balaban J connectivity index is 2.48. The minimum atomic E-state index is -0.769. The highest BCUT2D eigenvalue weighted by molar-refractivity contribution is 9.10. The van der Waals surface area contributed by atoms with E-state index < -0.39 is 5.97 Å². The van der Waals surface area contributed by atoms with E-state index in [0.717, 1.165) is 10.0 Å². The zero-order valence-electron chi connectivity index (χ0n) is 9.40. The van der Waals surface area contributed by atoms with Gasteiger partial charge in [0.15, 0.2) is 0 Å². The van der Waals surface area contributed by atoms with Crippen LogP contribution in [0.2, 0.25) is 0 Å². The highest BCUT2D eigenvalue weighted by Crippen LogP contribution is 2.12. The highest BCUT2D eigenvalue weighted by Gasteiger charge is 2.18. The lowest BCUT2D eigenvalue weighted by atomic mass is 10.0. The third-order valence-corrected chi connectivity index (χ3v) is 3.15. The molecular formula is C12H16BrNO2. The molecule has 0 spiro atoms. The van der Waals surface area contributed by atoms with Gasteiger partial charge in [-0.3, -0.25) is 4.79 Å². The van der Waals surface area contributed by atoms with E-state index in [4.69, 9.17) is 5.11 Å². The maximum absolute atomic E-state index is 10.8. The molecule has 4 heteroatoms. The first-order valence-corrected chi connectivity index (χ1v) is 6.00. The second-order valence-electron chi connectivity index (χ2n) is 3.93. The number of carboxylic acids is 1. The van der Waals surface area contributed by atoms with Crippen LogP contribution in [-0.4, -0.2) is 17.1 Å². The monoisotopic (exact) mass is 285 g/mol. The van der Waals surface area contributed by atoms with Gasteiger partial charge in [-0.05, 0) is 24.6 Å². The quantitative estimate of drug-likeness (QED) is 0.875. The number of carboxylic acid groups (broad SMARTS) is 1. The van der Waals surface area contributed by atoms with Crippen LogP contribution in [0.4, 0.5) is 0 Å².